The maximum atomic E-state index is 5.10. The Balaban J connectivity index is 2.13. The Morgan fingerprint density at radius 2 is 2.12 bits per heavy atom. The number of nitrogens with one attached hydrogen (secondary N) is 1. The van der Waals surface area contributed by atoms with Gasteiger partial charge >= 0.3 is 0 Å². The van der Waals surface area contributed by atoms with Crippen molar-refractivity contribution >= 4 is 5.69 Å². The summed E-state index contributed by atoms with van der Waals surface area (Å²) in [6.45, 7) is 6.48. The summed E-state index contributed by atoms with van der Waals surface area (Å²) < 4.78 is 5.10. The highest BCUT2D eigenvalue weighted by Gasteiger charge is 2.07. The van der Waals surface area contributed by atoms with E-state index in [1.807, 2.05) is 6.07 Å². The molecule has 0 saturated heterocycles. The first-order valence-corrected chi connectivity index (χ1v) is 6.09. The van der Waals surface area contributed by atoms with Gasteiger partial charge in [0, 0.05) is 11.3 Å². The molecule has 0 aliphatic carbocycles. The minimum absolute atomic E-state index is 0.265. The molecule has 0 radical (unpaired) electrons. The number of hydrogen-bond acceptors (Lipinski definition) is 2. The Morgan fingerprint density at radius 1 is 1.29 bits per heavy atom. The second-order valence-electron chi connectivity index (χ2n) is 4.42. The molecule has 0 fully saturated rings. The molecule has 2 nitrogen and oxygen atoms in total. The van der Waals surface area contributed by atoms with Crippen LogP contribution in [0.15, 0.2) is 41.2 Å². The van der Waals surface area contributed by atoms with Gasteiger partial charge in [-0.3, -0.25) is 0 Å². The average Bonchev–Trinajstić information content (AvgIpc) is 2.85. The van der Waals surface area contributed by atoms with Gasteiger partial charge in [-0.2, -0.15) is 0 Å². The van der Waals surface area contributed by atoms with E-state index in [2.05, 4.69) is 44.3 Å². The van der Waals surface area contributed by atoms with Crippen LogP contribution in [-0.2, 0) is 6.42 Å². The van der Waals surface area contributed by atoms with Gasteiger partial charge in [-0.05, 0) is 49.6 Å². The minimum Gasteiger partial charge on any atom is -0.472 e. The molecule has 1 aromatic heterocycles. The average molecular weight is 229 g/mol. The van der Waals surface area contributed by atoms with Crippen molar-refractivity contribution in [3.63, 3.8) is 0 Å². The molecule has 1 N–H and O–H groups in total. The van der Waals surface area contributed by atoms with Crippen LogP contribution in [0.2, 0.25) is 0 Å². The maximum Gasteiger partial charge on any atom is 0.0955 e. The first-order valence-electron chi connectivity index (χ1n) is 6.09. The highest BCUT2D eigenvalue weighted by atomic mass is 16.3. The number of anilines is 1. The van der Waals surface area contributed by atoms with Crippen molar-refractivity contribution in [3.05, 3.63) is 53.5 Å². The Kier molecular flexibility index (Phi) is 3.52. The van der Waals surface area contributed by atoms with Crippen molar-refractivity contribution in [2.75, 3.05) is 5.32 Å². The second kappa shape index (κ2) is 5.09. The van der Waals surface area contributed by atoms with Gasteiger partial charge in [0.05, 0.1) is 18.6 Å². The minimum atomic E-state index is 0.265. The molecule has 0 spiro atoms. The summed E-state index contributed by atoms with van der Waals surface area (Å²) in [7, 11) is 0. The SMILES string of the molecule is CCc1cc(NC(C)c2ccoc2)ccc1C. The molecular formula is C15H19NO. The normalized spacial score (nSPS) is 12.4. The van der Waals surface area contributed by atoms with Gasteiger partial charge in [0.2, 0.25) is 0 Å². The molecule has 90 valence electrons. The third-order valence-corrected chi connectivity index (χ3v) is 3.16. The lowest BCUT2D eigenvalue weighted by atomic mass is 10.0. The second-order valence-corrected chi connectivity index (χ2v) is 4.42. The fourth-order valence-corrected chi connectivity index (χ4v) is 2.00. The summed E-state index contributed by atoms with van der Waals surface area (Å²) in [5.41, 5.74) is 5.09. The van der Waals surface area contributed by atoms with Crippen LogP contribution in [0.25, 0.3) is 0 Å². The van der Waals surface area contributed by atoms with Gasteiger partial charge in [-0.25, -0.2) is 0 Å². The predicted molar refractivity (Wildman–Crippen MR) is 71.3 cm³/mol. The fourth-order valence-electron chi connectivity index (χ4n) is 2.00. The van der Waals surface area contributed by atoms with Gasteiger partial charge in [-0.1, -0.05) is 13.0 Å². The lowest BCUT2D eigenvalue weighted by molar-refractivity contribution is 0.562. The Labute approximate surface area is 103 Å². The smallest absolute Gasteiger partial charge is 0.0955 e. The van der Waals surface area contributed by atoms with Crippen LogP contribution < -0.4 is 5.32 Å². The van der Waals surface area contributed by atoms with E-state index < -0.39 is 0 Å². The molecule has 1 heterocycles. The first-order chi connectivity index (χ1) is 8.20. The van der Waals surface area contributed by atoms with E-state index >= 15 is 0 Å². The van der Waals surface area contributed by atoms with Crippen molar-refractivity contribution in [3.8, 4) is 0 Å². The van der Waals surface area contributed by atoms with Gasteiger partial charge < -0.3 is 9.73 Å². The molecule has 0 aliphatic heterocycles. The lowest BCUT2D eigenvalue weighted by Crippen LogP contribution is -2.06. The van der Waals surface area contributed by atoms with Crippen LogP contribution in [0, 0.1) is 6.92 Å². The monoisotopic (exact) mass is 229 g/mol. The topological polar surface area (TPSA) is 25.2 Å². The van der Waals surface area contributed by atoms with Gasteiger partial charge in [0.25, 0.3) is 0 Å². The summed E-state index contributed by atoms with van der Waals surface area (Å²) in [6, 6.07) is 8.79. The van der Waals surface area contributed by atoms with E-state index in [0.29, 0.717) is 0 Å². The van der Waals surface area contributed by atoms with Crippen molar-refractivity contribution in [2.45, 2.75) is 33.2 Å². The third-order valence-electron chi connectivity index (χ3n) is 3.16. The van der Waals surface area contributed by atoms with Crippen LogP contribution in [0.4, 0.5) is 5.69 Å². The Hall–Kier alpha value is -1.70. The number of rotatable bonds is 4. The molecule has 0 bridgehead atoms. The zero-order valence-corrected chi connectivity index (χ0v) is 10.7. The summed E-state index contributed by atoms with van der Waals surface area (Å²) in [5.74, 6) is 0. The summed E-state index contributed by atoms with van der Waals surface area (Å²) in [4.78, 5) is 0. The fraction of sp³-hybridized carbons (Fsp3) is 0.333. The summed E-state index contributed by atoms with van der Waals surface area (Å²) in [5, 5.41) is 3.49. The predicted octanol–water partition coefficient (Wildman–Crippen LogP) is 4.32. The molecule has 2 aromatic rings. The summed E-state index contributed by atoms with van der Waals surface area (Å²) in [6.07, 6.45) is 4.56. The number of benzene rings is 1. The van der Waals surface area contributed by atoms with Crippen LogP contribution in [0.5, 0.6) is 0 Å². The number of hydrogen-bond donors (Lipinski definition) is 1. The maximum absolute atomic E-state index is 5.10. The molecule has 1 atom stereocenters. The third kappa shape index (κ3) is 2.70. The van der Waals surface area contributed by atoms with Crippen LogP contribution >= 0.6 is 0 Å². The highest BCUT2D eigenvalue weighted by molar-refractivity contribution is 5.49. The van der Waals surface area contributed by atoms with Crippen LogP contribution in [0.1, 0.15) is 36.6 Å². The molecular weight excluding hydrogens is 210 g/mol. The Morgan fingerprint density at radius 3 is 2.76 bits per heavy atom. The van der Waals surface area contributed by atoms with E-state index in [0.717, 1.165) is 6.42 Å². The standard InChI is InChI=1S/C15H19NO/c1-4-13-9-15(6-5-11(13)2)16-12(3)14-7-8-17-10-14/h5-10,12,16H,4H2,1-3H3. The van der Waals surface area contributed by atoms with E-state index in [1.165, 1.54) is 22.4 Å². The van der Waals surface area contributed by atoms with Crippen molar-refractivity contribution in [2.24, 2.45) is 0 Å². The zero-order valence-electron chi connectivity index (χ0n) is 10.7. The molecule has 2 rings (SSSR count). The van der Waals surface area contributed by atoms with Crippen molar-refractivity contribution in [1.82, 2.24) is 0 Å². The van der Waals surface area contributed by atoms with Crippen molar-refractivity contribution < 1.29 is 4.42 Å². The van der Waals surface area contributed by atoms with E-state index in [4.69, 9.17) is 4.42 Å². The Bertz CT molecular complexity index is 474. The lowest BCUT2D eigenvalue weighted by Gasteiger charge is -2.15. The molecule has 2 heteroatoms. The van der Waals surface area contributed by atoms with E-state index in [1.54, 1.807) is 12.5 Å². The molecule has 17 heavy (non-hydrogen) atoms. The van der Waals surface area contributed by atoms with Crippen LogP contribution in [-0.4, -0.2) is 0 Å². The first kappa shape index (κ1) is 11.8. The van der Waals surface area contributed by atoms with Gasteiger partial charge in [0.1, 0.15) is 0 Å². The molecule has 0 saturated carbocycles. The van der Waals surface area contributed by atoms with Crippen LogP contribution in [0.3, 0.4) is 0 Å². The molecule has 1 aromatic carbocycles. The quantitative estimate of drug-likeness (QED) is 0.844. The van der Waals surface area contributed by atoms with E-state index in [9.17, 15) is 0 Å². The van der Waals surface area contributed by atoms with Gasteiger partial charge in [-0.15, -0.1) is 0 Å². The largest absolute Gasteiger partial charge is 0.472 e. The molecule has 0 amide bonds. The number of furan rings is 1. The van der Waals surface area contributed by atoms with E-state index in [-0.39, 0.29) is 6.04 Å². The number of aryl methyl sites for hydroxylation is 2. The molecule has 1 unspecified atom stereocenters. The summed E-state index contributed by atoms with van der Waals surface area (Å²) >= 11 is 0. The highest BCUT2D eigenvalue weighted by Crippen LogP contribution is 2.22. The molecule has 0 aliphatic rings. The zero-order chi connectivity index (χ0) is 12.3. The van der Waals surface area contributed by atoms with Crippen molar-refractivity contribution in [1.29, 1.82) is 0 Å². The van der Waals surface area contributed by atoms with Gasteiger partial charge in [0.15, 0.2) is 0 Å².